The van der Waals surface area contributed by atoms with Crippen LogP contribution >= 0.6 is 0 Å². The molecule has 1 N–H and O–H groups in total. The third kappa shape index (κ3) is 3.08. The summed E-state index contributed by atoms with van der Waals surface area (Å²) in [5, 5.41) is 8.75. The van der Waals surface area contributed by atoms with Crippen LogP contribution in [0.3, 0.4) is 0 Å². The van der Waals surface area contributed by atoms with Crippen LogP contribution in [-0.2, 0) is 11.3 Å². The van der Waals surface area contributed by atoms with Crippen molar-refractivity contribution in [3.05, 3.63) is 59.9 Å². The number of aliphatic carboxylic acids is 1. The summed E-state index contributed by atoms with van der Waals surface area (Å²) in [7, 11) is 0. The third-order valence-corrected chi connectivity index (χ3v) is 2.42. The predicted octanol–water partition coefficient (Wildman–Crippen LogP) is 2.74. The van der Waals surface area contributed by atoms with Crippen molar-refractivity contribution in [2.45, 2.75) is 6.54 Å². The molecule has 0 aliphatic carbocycles. The monoisotopic (exact) mass is 227 g/mol. The van der Waals surface area contributed by atoms with E-state index in [9.17, 15) is 4.79 Å². The Labute approximate surface area is 99.6 Å². The molecule has 3 heteroatoms. The van der Waals surface area contributed by atoms with Gasteiger partial charge >= 0.3 is 5.97 Å². The molecule has 0 atom stereocenters. The first-order valence-electron chi connectivity index (χ1n) is 5.36. The van der Waals surface area contributed by atoms with E-state index in [2.05, 4.69) is 0 Å². The minimum atomic E-state index is -0.837. The highest BCUT2D eigenvalue weighted by atomic mass is 16.4. The predicted molar refractivity (Wildman–Crippen MR) is 67.4 cm³/mol. The molecule has 0 saturated carbocycles. The van der Waals surface area contributed by atoms with Crippen LogP contribution in [0.1, 0.15) is 11.3 Å². The van der Waals surface area contributed by atoms with E-state index in [4.69, 9.17) is 5.11 Å². The minimum Gasteiger partial charge on any atom is -0.480 e. The van der Waals surface area contributed by atoms with E-state index >= 15 is 0 Å². The highest BCUT2D eigenvalue weighted by molar-refractivity contribution is 5.70. The zero-order chi connectivity index (χ0) is 12.1. The Morgan fingerprint density at radius 3 is 2.59 bits per heavy atom. The molecule has 2 rings (SSSR count). The maximum absolute atomic E-state index is 10.6. The van der Waals surface area contributed by atoms with Crippen molar-refractivity contribution >= 4 is 18.1 Å². The number of carboxylic acid groups (broad SMARTS) is 1. The molecule has 1 aromatic carbocycles. The fourth-order valence-corrected chi connectivity index (χ4v) is 1.61. The lowest BCUT2D eigenvalue weighted by Crippen LogP contribution is -2.08. The molecule has 3 nitrogen and oxygen atoms in total. The Hall–Kier alpha value is -2.29. The van der Waals surface area contributed by atoms with Crippen LogP contribution in [0, 0.1) is 0 Å². The van der Waals surface area contributed by atoms with E-state index in [1.54, 1.807) is 10.8 Å². The Morgan fingerprint density at radius 1 is 1.12 bits per heavy atom. The van der Waals surface area contributed by atoms with E-state index in [1.807, 2.05) is 54.6 Å². The Bertz CT molecular complexity index is 526. The number of hydrogen-bond donors (Lipinski definition) is 1. The number of rotatable bonds is 4. The number of benzene rings is 1. The number of hydrogen-bond acceptors (Lipinski definition) is 1. The smallest absolute Gasteiger partial charge is 0.323 e. The van der Waals surface area contributed by atoms with Gasteiger partial charge in [-0.25, -0.2) is 0 Å². The SMILES string of the molecule is O=C(O)Cn1cccc1/C=C/c1ccccc1. The summed E-state index contributed by atoms with van der Waals surface area (Å²) in [6, 6.07) is 13.6. The van der Waals surface area contributed by atoms with Crippen molar-refractivity contribution in [2.75, 3.05) is 0 Å². The van der Waals surface area contributed by atoms with Crippen molar-refractivity contribution in [3.63, 3.8) is 0 Å². The van der Waals surface area contributed by atoms with Gasteiger partial charge in [0.2, 0.25) is 0 Å². The highest BCUT2D eigenvalue weighted by Crippen LogP contribution is 2.09. The van der Waals surface area contributed by atoms with Crippen molar-refractivity contribution < 1.29 is 9.90 Å². The van der Waals surface area contributed by atoms with Gasteiger partial charge in [0.25, 0.3) is 0 Å². The molecule has 86 valence electrons. The lowest BCUT2D eigenvalue weighted by molar-refractivity contribution is -0.137. The van der Waals surface area contributed by atoms with E-state index in [-0.39, 0.29) is 6.54 Å². The largest absolute Gasteiger partial charge is 0.480 e. The van der Waals surface area contributed by atoms with Crippen LogP contribution in [0.15, 0.2) is 48.7 Å². The van der Waals surface area contributed by atoms with E-state index in [0.29, 0.717) is 0 Å². The van der Waals surface area contributed by atoms with Gasteiger partial charge in [-0.15, -0.1) is 0 Å². The van der Waals surface area contributed by atoms with Crippen LogP contribution < -0.4 is 0 Å². The first-order valence-corrected chi connectivity index (χ1v) is 5.36. The summed E-state index contributed by atoms with van der Waals surface area (Å²) in [4.78, 5) is 10.6. The van der Waals surface area contributed by atoms with Crippen LogP contribution in [0.5, 0.6) is 0 Å². The van der Waals surface area contributed by atoms with Gasteiger partial charge < -0.3 is 9.67 Å². The molecule has 0 radical (unpaired) electrons. The number of nitrogens with zero attached hydrogens (tertiary/aromatic N) is 1. The standard InChI is InChI=1S/C14H13NO2/c16-14(17)11-15-10-4-7-13(15)9-8-12-5-2-1-3-6-12/h1-10H,11H2,(H,16,17)/b9-8+. The maximum atomic E-state index is 10.6. The molecule has 0 aliphatic rings. The van der Waals surface area contributed by atoms with Gasteiger partial charge in [-0.05, 0) is 23.8 Å². The van der Waals surface area contributed by atoms with Crippen molar-refractivity contribution in [2.24, 2.45) is 0 Å². The fraction of sp³-hybridized carbons (Fsp3) is 0.0714. The molecule has 0 fully saturated rings. The molecule has 0 bridgehead atoms. The molecule has 17 heavy (non-hydrogen) atoms. The van der Waals surface area contributed by atoms with Crippen LogP contribution in [-0.4, -0.2) is 15.6 Å². The molecule has 1 heterocycles. The lowest BCUT2D eigenvalue weighted by atomic mass is 10.2. The van der Waals surface area contributed by atoms with Gasteiger partial charge in [0.15, 0.2) is 0 Å². The van der Waals surface area contributed by atoms with Crippen LogP contribution in [0.25, 0.3) is 12.2 Å². The van der Waals surface area contributed by atoms with E-state index < -0.39 is 5.97 Å². The first kappa shape index (κ1) is 11.2. The Balaban J connectivity index is 2.16. The Kier molecular flexibility index (Phi) is 3.40. The van der Waals surface area contributed by atoms with Gasteiger partial charge in [0.1, 0.15) is 6.54 Å². The topological polar surface area (TPSA) is 42.2 Å². The van der Waals surface area contributed by atoms with Gasteiger partial charge in [-0.3, -0.25) is 4.79 Å². The minimum absolute atomic E-state index is 0.0124. The summed E-state index contributed by atoms with van der Waals surface area (Å²) in [6.07, 6.45) is 5.64. The molecule has 2 aromatic rings. The molecule has 0 saturated heterocycles. The number of aromatic nitrogens is 1. The van der Waals surface area contributed by atoms with Crippen molar-refractivity contribution in [1.29, 1.82) is 0 Å². The maximum Gasteiger partial charge on any atom is 0.323 e. The van der Waals surface area contributed by atoms with Gasteiger partial charge in [0, 0.05) is 11.9 Å². The van der Waals surface area contributed by atoms with E-state index in [1.165, 1.54) is 0 Å². The van der Waals surface area contributed by atoms with Crippen LogP contribution in [0.4, 0.5) is 0 Å². The second-order valence-electron chi connectivity index (χ2n) is 3.70. The summed E-state index contributed by atoms with van der Waals surface area (Å²) in [5.74, 6) is -0.837. The summed E-state index contributed by atoms with van der Waals surface area (Å²) < 4.78 is 1.70. The first-order chi connectivity index (χ1) is 8.25. The van der Waals surface area contributed by atoms with Crippen molar-refractivity contribution in [3.8, 4) is 0 Å². The fourth-order valence-electron chi connectivity index (χ4n) is 1.61. The average Bonchev–Trinajstić information content (AvgIpc) is 2.74. The average molecular weight is 227 g/mol. The molecule has 0 aliphatic heterocycles. The number of carboxylic acids is 1. The zero-order valence-electron chi connectivity index (χ0n) is 9.28. The summed E-state index contributed by atoms with van der Waals surface area (Å²) in [6.45, 7) is -0.0124. The second kappa shape index (κ2) is 5.16. The molecule has 0 spiro atoms. The quantitative estimate of drug-likeness (QED) is 0.872. The summed E-state index contributed by atoms with van der Waals surface area (Å²) >= 11 is 0. The lowest BCUT2D eigenvalue weighted by Gasteiger charge is -2.01. The molecule has 0 amide bonds. The molecular weight excluding hydrogens is 214 g/mol. The van der Waals surface area contributed by atoms with E-state index in [0.717, 1.165) is 11.3 Å². The number of carbonyl (C=O) groups is 1. The van der Waals surface area contributed by atoms with Gasteiger partial charge in [0.05, 0.1) is 0 Å². The van der Waals surface area contributed by atoms with Gasteiger partial charge in [-0.1, -0.05) is 36.4 Å². The third-order valence-electron chi connectivity index (χ3n) is 2.42. The normalized spacial score (nSPS) is 10.8. The second-order valence-corrected chi connectivity index (χ2v) is 3.70. The zero-order valence-corrected chi connectivity index (χ0v) is 9.28. The summed E-state index contributed by atoms with van der Waals surface area (Å²) in [5.41, 5.74) is 1.98. The highest BCUT2D eigenvalue weighted by Gasteiger charge is 2.01. The van der Waals surface area contributed by atoms with Crippen LogP contribution in [0.2, 0.25) is 0 Å². The van der Waals surface area contributed by atoms with Crippen molar-refractivity contribution in [1.82, 2.24) is 4.57 Å². The van der Waals surface area contributed by atoms with Gasteiger partial charge in [-0.2, -0.15) is 0 Å². The molecule has 0 unspecified atom stereocenters. The Morgan fingerprint density at radius 2 is 1.88 bits per heavy atom. The molecule has 1 aromatic heterocycles. The molecular formula is C14H13NO2.